The standard InChI is InChI=1S/C18H16Cl4O3S/c19-13-9-11(24-8-6-17(21)22)10-14(20)18(13)25-7-2-3-12-15(23)4-1-5-16(12)26/h1,4,6,9-10,26H,2-3,5,7-8H2. The molecule has 0 heterocycles. The molecule has 0 aliphatic heterocycles. The molecule has 1 aromatic rings. The first kappa shape index (κ1) is 21.5. The van der Waals surface area contributed by atoms with Crippen molar-refractivity contribution in [3.8, 4) is 11.5 Å². The molecule has 0 N–H and O–H groups in total. The van der Waals surface area contributed by atoms with E-state index in [1.54, 1.807) is 18.2 Å². The van der Waals surface area contributed by atoms with Crippen LogP contribution in [-0.2, 0) is 4.79 Å². The van der Waals surface area contributed by atoms with Crippen LogP contribution in [0.25, 0.3) is 0 Å². The molecular formula is C18H16Cl4O3S. The van der Waals surface area contributed by atoms with E-state index in [2.05, 4.69) is 12.6 Å². The van der Waals surface area contributed by atoms with Gasteiger partial charge in [-0.1, -0.05) is 52.5 Å². The molecule has 0 saturated carbocycles. The van der Waals surface area contributed by atoms with Gasteiger partial charge in [0.1, 0.15) is 16.8 Å². The Kier molecular flexibility index (Phi) is 8.71. The second-order valence-corrected chi connectivity index (χ2v) is 7.73. The van der Waals surface area contributed by atoms with Crippen LogP contribution in [0.15, 0.2) is 45.3 Å². The molecule has 140 valence electrons. The number of ether oxygens (including phenoxy) is 2. The van der Waals surface area contributed by atoms with Gasteiger partial charge in [0.25, 0.3) is 0 Å². The molecule has 8 heteroatoms. The molecule has 2 rings (SSSR count). The van der Waals surface area contributed by atoms with Crippen LogP contribution >= 0.6 is 59.0 Å². The fraction of sp³-hybridized carbons (Fsp3) is 0.278. The molecular weight excluding hydrogens is 438 g/mol. The van der Waals surface area contributed by atoms with Crippen molar-refractivity contribution in [1.82, 2.24) is 0 Å². The molecule has 0 bridgehead atoms. The first-order valence-corrected chi connectivity index (χ1v) is 9.72. The zero-order valence-corrected chi connectivity index (χ0v) is 17.5. The summed E-state index contributed by atoms with van der Waals surface area (Å²) < 4.78 is 11.2. The average Bonchev–Trinajstić information content (AvgIpc) is 2.55. The third-order valence-corrected chi connectivity index (χ3v) is 4.83. The Bertz CT molecular complexity index is 745. The van der Waals surface area contributed by atoms with Crippen LogP contribution in [0.4, 0.5) is 0 Å². The predicted octanol–water partition coefficient (Wildman–Crippen LogP) is 6.56. The van der Waals surface area contributed by atoms with Gasteiger partial charge in [-0.15, -0.1) is 12.6 Å². The van der Waals surface area contributed by atoms with Crippen LogP contribution in [-0.4, -0.2) is 19.0 Å². The minimum atomic E-state index is 0.00455. The molecule has 26 heavy (non-hydrogen) atoms. The van der Waals surface area contributed by atoms with E-state index in [9.17, 15) is 4.79 Å². The largest absolute Gasteiger partial charge is 0.490 e. The smallest absolute Gasteiger partial charge is 0.182 e. The van der Waals surface area contributed by atoms with Crippen LogP contribution < -0.4 is 9.47 Å². The van der Waals surface area contributed by atoms with Gasteiger partial charge >= 0.3 is 0 Å². The first-order chi connectivity index (χ1) is 12.4. The Hall–Kier alpha value is -0.780. The third-order valence-electron chi connectivity index (χ3n) is 3.50. The SMILES string of the molecule is O=C1C=CCC(S)=C1CCCOc1c(Cl)cc(OCC=C(Cl)Cl)cc1Cl. The van der Waals surface area contributed by atoms with Gasteiger partial charge in [0.15, 0.2) is 11.5 Å². The van der Waals surface area contributed by atoms with Crippen LogP contribution in [0.1, 0.15) is 19.3 Å². The lowest BCUT2D eigenvalue weighted by molar-refractivity contribution is -0.111. The van der Waals surface area contributed by atoms with E-state index in [0.717, 1.165) is 10.5 Å². The van der Waals surface area contributed by atoms with Crippen LogP contribution in [0.3, 0.4) is 0 Å². The highest BCUT2D eigenvalue weighted by molar-refractivity contribution is 7.84. The van der Waals surface area contributed by atoms with Crippen LogP contribution in [0, 0.1) is 0 Å². The number of halogens is 4. The third kappa shape index (κ3) is 6.43. The van der Waals surface area contributed by atoms with Gasteiger partial charge in [0.2, 0.25) is 0 Å². The molecule has 3 nitrogen and oxygen atoms in total. The highest BCUT2D eigenvalue weighted by Crippen LogP contribution is 2.37. The van der Waals surface area contributed by atoms with Crippen LogP contribution in [0.5, 0.6) is 11.5 Å². The maximum Gasteiger partial charge on any atom is 0.182 e. The summed E-state index contributed by atoms with van der Waals surface area (Å²) in [6.07, 6.45) is 6.81. The van der Waals surface area contributed by atoms with E-state index in [4.69, 9.17) is 55.9 Å². The van der Waals surface area contributed by atoms with Gasteiger partial charge in [-0.2, -0.15) is 0 Å². The summed E-state index contributed by atoms with van der Waals surface area (Å²) in [7, 11) is 0. The van der Waals surface area contributed by atoms with E-state index in [-0.39, 0.29) is 16.9 Å². The zero-order chi connectivity index (χ0) is 19.1. The summed E-state index contributed by atoms with van der Waals surface area (Å²) in [6.45, 7) is 0.560. The van der Waals surface area contributed by atoms with Crippen molar-refractivity contribution in [2.45, 2.75) is 19.3 Å². The maximum atomic E-state index is 11.8. The summed E-state index contributed by atoms with van der Waals surface area (Å²) in [5, 5.41) is 0.665. The van der Waals surface area contributed by atoms with Crippen molar-refractivity contribution in [3.63, 3.8) is 0 Å². The lowest BCUT2D eigenvalue weighted by Gasteiger charge is -2.14. The van der Waals surface area contributed by atoms with E-state index in [1.165, 1.54) is 6.08 Å². The minimum Gasteiger partial charge on any atom is -0.490 e. The Morgan fingerprint density at radius 2 is 1.88 bits per heavy atom. The molecule has 0 unspecified atom stereocenters. The number of thiol groups is 1. The number of rotatable bonds is 8. The van der Waals surface area contributed by atoms with Crippen molar-refractivity contribution in [3.05, 3.63) is 55.4 Å². The number of carbonyl (C=O) groups excluding carboxylic acids is 1. The molecule has 1 aromatic carbocycles. The highest BCUT2D eigenvalue weighted by Gasteiger charge is 2.15. The topological polar surface area (TPSA) is 35.5 Å². The Balaban J connectivity index is 1.89. The number of hydrogen-bond donors (Lipinski definition) is 1. The van der Waals surface area contributed by atoms with E-state index < -0.39 is 0 Å². The zero-order valence-electron chi connectivity index (χ0n) is 13.6. The number of ketones is 1. The van der Waals surface area contributed by atoms with Gasteiger partial charge in [0.05, 0.1) is 16.7 Å². The molecule has 0 aromatic heterocycles. The lowest BCUT2D eigenvalue weighted by Crippen LogP contribution is -2.07. The molecule has 0 spiro atoms. The molecule has 1 aliphatic rings. The monoisotopic (exact) mass is 452 g/mol. The summed E-state index contributed by atoms with van der Waals surface area (Å²) in [4.78, 5) is 12.6. The van der Waals surface area contributed by atoms with Gasteiger partial charge in [-0.05, 0) is 36.3 Å². The molecule has 0 atom stereocenters. The van der Waals surface area contributed by atoms with Gasteiger partial charge in [0, 0.05) is 17.7 Å². The van der Waals surface area contributed by atoms with Crippen LogP contribution in [0.2, 0.25) is 10.0 Å². The number of benzene rings is 1. The minimum absolute atomic E-state index is 0.00455. The summed E-state index contributed by atoms with van der Waals surface area (Å²) in [5.41, 5.74) is 0.728. The van der Waals surface area contributed by atoms with Gasteiger partial charge in [-0.25, -0.2) is 0 Å². The summed E-state index contributed by atoms with van der Waals surface area (Å²) >= 11 is 27.8. The van der Waals surface area contributed by atoms with Crippen molar-refractivity contribution in [2.75, 3.05) is 13.2 Å². The number of carbonyl (C=O) groups is 1. The highest BCUT2D eigenvalue weighted by atomic mass is 35.5. The molecule has 0 saturated heterocycles. The van der Waals surface area contributed by atoms with Crippen molar-refractivity contribution < 1.29 is 14.3 Å². The fourth-order valence-electron chi connectivity index (χ4n) is 2.29. The first-order valence-electron chi connectivity index (χ1n) is 7.76. The Morgan fingerprint density at radius 3 is 2.50 bits per heavy atom. The quantitative estimate of drug-likeness (QED) is 0.357. The van der Waals surface area contributed by atoms with Crippen molar-refractivity contribution >= 4 is 64.8 Å². The molecule has 1 aliphatic carbocycles. The second-order valence-electron chi connectivity index (χ2n) is 5.37. The average molecular weight is 454 g/mol. The lowest BCUT2D eigenvalue weighted by atomic mass is 10.00. The van der Waals surface area contributed by atoms with Gasteiger partial charge in [-0.3, -0.25) is 4.79 Å². The fourth-order valence-corrected chi connectivity index (χ4v) is 3.32. The van der Waals surface area contributed by atoms with E-state index >= 15 is 0 Å². The van der Waals surface area contributed by atoms with Crippen molar-refractivity contribution in [2.24, 2.45) is 0 Å². The molecule has 0 amide bonds. The Labute approximate surface area is 177 Å². The van der Waals surface area contributed by atoms with Crippen molar-refractivity contribution in [1.29, 1.82) is 0 Å². The van der Waals surface area contributed by atoms with Gasteiger partial charge < -0.3 is 9.47 Å². The number of hydrogen-bond acceptors (Lipinski definition) is 4. The maximum absolute atomic E-state index is 11.8. The number of allylic oxidation sites excluding steroid dienone is 4. The predicted molar refractivity (Wildman–Crippen MR) is 111 cm³/mol. The van der Waals surface area contributed by atoms with E-state index in [1.807, 2.05) is 6.08 Å². The summed E-state index contributed by atoms with van der Waals surface area (Å²) in [5.74, 6) is 0.856. The molecule has 0 fully saturated rings. The summed E-state index contributed by atoms with van der Waals surface area (Å²) in [6, 6.07) is 3.20. The normalized spacial score (nSPS) is 13.8. The second kappa shape index (κ2) is 10.5. The van der Waals surface area contributed by atoms with E-state index in [0.29, 0.717) is 47.4 Å². The Morgan fingerprint density at radius 1 is 1.19 bits per heavy atom. The molecule has 0 radical (unpaired) electrons.